The maximum atomic E-state index is 12.6. The molecule has 10 nitrogen and oxygen atoms in total. The Morgan fingerprint density at radius 2 is 1.33 bits per heavy atom. The Kier molecular flexibility index (Phi) is 12.4. The Hall–Kier alpha value is -3.14. The van der Waals surface area contributed by atoms with Crippen LogP contribution >= 0.6 is 0 Å². The van der Waals surface area contributed by atoms with Gasteiger partial charge in [-0.25, -0.2) is 4.79 Å². The number of carbonyl (C=O) groups is 4. The van der Waals surface area contributed by atoms with Crippen LogP contribution in [-0.2, 0) is 35.0 Å². The average Bonchev–Trinajstić information content (AvgIpc) is 2.82. The van der Waals surface area contributed by atoms with E-state index in [1.807, 2.05) is 27.7 Å². The summed E-state index contributed by atoms with van der Waals surface area (Å²) in [6.07, 6.45) is -1.56. The minimum atomic E-state index is -1.04. The monoisotopic (exact) mass is 509 g/mol. The minimum absolute atomic E-state index is 0.0426. The molecule has 2 N–H and O–H groups in total. The number of hydrogen-bond acceptors (Lipinski definition) is 10. The molecule has 0 radical (unpaired) electrons. The summed E-state index contributed by atoms with van der Waals surface area (Å²) in [7, 11) is 1.17. The van der Waals surface area contributed by atoms with Crippen LogP contribution < -0.4 is 15.2 Å². The highest BCUT2D eigenvalue weighted by Crippen LogP contribution is 2.31. The second-order valence-electron chi connectivity index (χ2n) is 9.51. The molecule has 1 aromatic carbocycles. The van der Waals surface area contributed by atoms with E-state index < -0.39 is 42.1 Å². The van der Waals surface area contributed by atoms with Crippen molar-refractivity contribution in [3.8, 4) is 11.5 Å². The SMILES string of the molecule is COC(=O)OC[C@H](C)OC(=O)[C@@H](N)Cc1ccc(OC(=O)C(C)C(C)C)c(OC(=O)C(C)C(C)C)c1. The normalized spacial score (nSPS) is 14.4. The molecule has 1 aromatic rings. The molecule has 1 rings (SSSR count). The second kappa shape index (κ2) is 14.4. The van der Waals surface area contributed by atoms with E-state index in [1.165, 1.54) is 19.2 Å². The van der Waals surface area contributed by atoms with Crippen LogP contribution in [0.25, 0.3) is 0 Å². The van der Waals surface area contributed by atoms with Gasteiger partial charge in [0.25, 0.3) is 0 Å². The zero-order valence-electron chi connectivity index (χ0n) is 22.4. The maximum absolute atomic E-state index is 12.6. The molecular weight excluding hydrogens is 470 g/mol. The highest BCUT2D eigenvalue weighted by atomic mass is 16.7. The lowest BCUT2D eigenvalue weighted by molar-refractivity contribution is -0.152. The lowest BCUT2D eigenvalue weighted by atomic mass is 9.98. The van der Waals surface area contributed by atoms with Crippen molar-refractivity contribution in [1.29, 1.82) is 0 Å². The van der Waals surface area contributed by atoms with Gasteiger partial charge in [-0.3, -0.25) is 14.4 Å². The van der Waals surface area contributed by atoms with Crippen molar-refractivity contribution in [2.75, 3.05) is 13.7 Å². The van der Waals surface area contributed by atoms with Gasteiger partial charge in [0, 0.05) is 0 Å². The number of methoxy groups -OCH3 is 1. The quantitative estimate of drug-likeness (QED) is 0.328. The van der Waals surface area contributed by atoms with E-state index in [-0.39, 0.29) is 42.3 Å². The molecule has 36 heavy (non-hydrogen) atoms. The Bertz CT molecular complexity index is 913. The Balaban J connectivity index is 3.03. The van der Waals surface area contributed by atoms with Crippen LogP contribution in [0.5, 0.6) is 11.5 Å². The summed E-state index contributed by atoms with van der Waals surface area (Å²) in [5, 5.41) is 0. The van der Waals surface area contributed by atoms with Crippen LogP contribution in [0.2, 0.25) is 0 Å². The van der Waals surface area contributed by atoms with E-state index in [0.717, 1.165) is 0 Å². The lowest BCUT2D eigenvalue weighted by Crippen LogP contribution is -2.37. The van der Waals surface area contributed by atoms with Gasteiger partial charge < -0.3 is 29.4 Å². The zero-order chi connectivity index (χ0) is 27.6. The van der Waals surface area contributed by atoms with Crippen molar-refractivity contribution in [2.24, 2.45) is 29.4 Å². The first-order valence-corrected chi connectivity index (χ1v) is 12.0. The van der Waals surface area contributed by atoms with Crippen molar-refractivity contribution in [3.63, 3.8) is 0 Å². The van der Waals surface area contributed by atoms with Crippen molar-refractivity contribution in [2.45, 2.75) is 67.0 Å². The van der Waals surface area contributed by atoms with Gasteiger partial charge in [-0.15, -0.1) is 0 Å². The molecule has 202 valence electrons. The fourth-order valence-corrected chi connectivity index (χ4v) is 2.69. The van der Waals surface area contributed by atoms with Crippen LogP contribution in [0.4, 0.5) is 4.79 Å². The average molecular weight is 510 g/mol. The van der Waals surface area contributed by atoms with Gasteiger partial charge in [0.15, 0.2) is 11.5 Å². The topological polar surface area (TPSA) is 140 Å². The van der Waals surface area contributed by atoms with Crippen molar-refractivity contribution in [1.82, 2.24) is 0 Å². The minimum Gasteiger partial charge on any atom is -0.458 e. The summed E-state index contributed by atoms with van der Waals surface area (Å²) in [6, 6.07) is 3.61. The summed E-state index contributed by atoms with van der Waals surface area (Å²) in [4.78, 5) is 48.6. The van der Waals surface area contributed by atoms with Gasteiger partial charge in [0.1, 0.15) is 18.8 Å². The summed E-state index contributed by atoms with van der Waals surface area (Å²) in [5.41, 5.74) is 6.58. The van der Waals surface area contributed by atoms with E-state index in [0.29, 0.717) is 5.56 Å². The van der Waals surface area contributed by atoms with Gasteiger partial charge in [-0.05, 0) is 42.9 Å². The van der Waals surface area contributed by atoms with E-state index >= 15 is 0 Å². The molecule has 0 bridgehead atoms. The second-order valence-corrected chi connectivity index (χ2v) is 9.51. The van der Waals surface area contributed by atoms with Crippen molar-refractivity contribution < 1.29 is 42.9 Å². The number of hydrogen-bond donors (Lipinski definition) is 1. The van der Waals surface area contributed by atoms with Gasteiger partial charge in [0.2, 0.25) is 0 Å². The third-order valence-corrected chi connectivity index (χ3v) is 5.85. The summed E-state index contributed by atoms with van der Waals surface area (Å²) in [5.74, 6) is -2.11. The van der Waals surface area contributed by atoms with Gasteiger partial charge in [-0.2, -0.15) is 0 Å². The first-order valence-electron chi connectivity index (χ1n) is 12.0. The lowest BCUT2D eigenvalue weighted by Gasteiger charge is -2.19. The Labute approximate surface area is 212 Å². The number of carbonyl (C=O) groups excluding carboxylic acids is 4. The molecule has 10 heteroatoms. The van der Waals surface area contributed by atoms with E-state index in [1.54, 1.807) is 26.8 Å². The van der Waals surface area contributed by atoms with Gasteiger partial charge >= 0.3 is 24.1 Å². The molecule has 4 atom stereocenters. The molecule has 0 saturated carbocycles. The Morgan fingerprint density at radius 3 is 1.83 bits per heavy atom. The van der Waals surface area contributed by atoms with Crippen LogP contribution in [-0.4, -0.2) is 49.9 Å². The molecule has 0 aliphatic heterocycles. The van der Waals surface area contributed by atoms with Crippen LogP contribution in [0, 0.1) is 23.7 Å². The zero-order valence-corrected chi connectivity index (χ0v) is 22.4. The highest BCUT2D eigenvalue weighted by molar-refractivity contribution is 5.79. The number of ether oxygens (including phenoxy) is 5. The van der Waals surface area contributed by atoms with Crippen LogP contribution in [0.3, 0.4) is 0 Å². The number of nitrogens with two attached hydrogens (primary N) is 1. The molecule has 0 aliphatic rings. The van der Waals surface area contributed by atoms with Crippen molar-refractivity contribution in [3.05, 3.63) is 23.8 Å². The first kappa shape index (κ1) is 30.9. The third-order valence-electron chi connectivity index (χ3n) is 5.85. The molecule has 0 aliphatic carbocycles. The predicted molar refractivity (Wildman–Crippen MR) is 131 cm³/mol. The molecule has 0 aromatic heterocycles. The number of esters is 3. The standard InChI is InChI=1S/C26H39NO9/c1-14(2)17(6)23(28)35-21-10-9-19(12-22(21)36-24(29)18(7)15(3)4)11-20(27)25(30)34-16(5)13-33-26(31)32-8/h9-10,12,14-18,20H,11,13,27H2,1-8H3/t16-,17?,18?,20-/m0/s1. The summed E-state index contributed by atoms with van der Waals surface area (Å²) in [6.45, 7) is 12.5. The fourth-order valence-electron chi connectivity index (χ4n) is 2.69. The van der Waals surface area contributed by atoms with Gasteiger partial charge in [-0.1, -0.05) is 47.6 Å². The maximum Gasteiger partial charge on any atom is 0.508 e. The summed E-state index contributed by atoms with van der Waals surface area (Å²) < 4.78 is 25.4. The van der Waals surface area contributed by atoms with Crippen LogP contribution in [0.1, 0.15) is 54.0 Å². The molecule has 0 saturated heterocycles. The molecule has 0 heterocycles. The molecule has 0 amide bonds. The number of benzene rings is 1. The molecule has 0 spiro atoms. The number of rotatable bonds is 12. The highest BCUT2D eigenvalue weighted by Gasteiger charge is 2.25. The van der Waals surface area contributed by atoms with E-state index in [4.69, 9.17) is 24.7 Å². The molecular formula is C26H39NO9. The molecule has 2 unspecified atom stereocenters. The van der Waals surface area contributed by atoms with E-state index in [2.05, 4.69) is 4.74 Å². The van der Waals surface area contributed by atoms with Gasteiger partial charge in [0.05, 0.1) is 18.9 Å². The molecule has 0 fully saturated rings. The fraction of sp³-hybridized carbons (Fsp3) is 0.615. The summed E-state index contributed by atoms with van der Waals surface area (Å²) >= 11 is 0. The largest absolute Gasteiger partial charge is 0.508 e. The van der Waals surface area contributed by atoms with Crippen LogP contribution in [0.15, 0.2) is 18.2 Å². The van der Waals surface area contributed by atoms with Crippen molar-refractivity contribution >= 4 is 24.1 Å². The Morgan fingerprint density at radius 1 is 0.806 bits per heavy atom. The smallest absolute Gasteiger partial charge is 0.458 e. The van der Waals surface area contributed by atoms with E-state index in [9.17, 15) is 19.2 Å². The first-order chi connectivity index (χ1) is 16.8. The predicted octanol–water partition coefficient (Wildman–Crippen LogP) is 3.67. The third kappa shape index (κ3) is 9.85.